The Morgan fingerprint density at radius 2 is 1.55 bits per heavy atom. The molecule has 3 aromatic carbocycles. The molecule has 170 valence electrons. The van der Waals surface area contributed by atoms with Crippen LogP contribution in [0.25, 0.3) is 6.08 Å². The van der Waals surface area contributed by atoms with E-state index >= 15 is 0 Å². The standard InChI is InChI=1S/C26H26N2O5/c1-4-33-24-17-18(14-15-23(24)32-3)16-21(28-25(29)19-10-6-5-7-11-19)26(30)27-20-12-8-9-13-22(20)31-2/h5-17H,4H2,1-3H3,(H,27,30)(H,28,29)/b21-16-. The second kappa shape index (κ2) is 11.4. The Morgan fingerprint density at radius 1 is 0.848 bits per heavy atom. The molecule has 0 saturated carbocycles. The summed E-state index contributed by atoms with van der Waals surface area (Å²) in [7, 11) is 3.07. The first-order valence-electron chi connectivity index (χ1n) is 10.4. The predicted octanol–water partition coefficient (Wildman–Crippen LogP) is 4.51. The maximum absolute atomic E-state index is 13.2. The number of methoxy groups -OCH3 is 2. The van der Waals surface area contributed by atoms with Crippen molar-refractivity contribution in [3.05, 3.63) is 89.6 Å². The fourth-order valence-electron chi connectivity index (χ4n) is 3.10. The molecule has 7 heteroatoms. The highest BCUT2D eigenvalue weighted by Crippen LogP contribution is 2.29. The van der Waals surface area contributed by atoms with Gasteiger partial charge in [-0.3, -0.25) is 9.59 Å². The quantitative estimate of drug-likeness (QED) is 0.472. The fourth-order valence-corrected chi connectivity index (χ4v) is 3.10. The van der Waals surface area contributed by atoms with Crippen LogP contribution in [0, 0.1) is 0 Å². The molecule has 3 rings (SSSR count). The van der Waals surface area contributed by atoms with E-state index in [1.807, 2.05) is 13.0 Å². The Balaban J connectivity index is 1.96. The topological polar surface area (TPSA) is 85.9 Å². The lowest BCUT2D eigenvalue weighted by molar-refractivity contribution is -0.113. The number of anilines is 1. The summed E-state index contributed by atoms with van der Waals surface area (Å²) in [4.78, 5) is 26.0. The van der Waals surface area contributed by atoms with E-state index in [4.69, 9.17) is 14.2 Å². The van der Waals surface area contributed by atoms with Gasteiger partial charge in [0.2, 0.25) is 0 Å². The van der Waals surface area contributed by atoms with Gasteiger partial charge in [-0.1, -0.05) is 36.4 Å². The molecule has 2 N–H and O–H groups in total. The van der Waals surface area contributed by atoms with Gasteiger partial charge in [0.15, 0.2) is 11.5 Å². The number of carbonyl (C=O) groups is 2. The van der Waals surface area contributed by atoms with E-state index in [1.165, 1.54) is 7.11 Å². The number of ether oxygens (including phenoxy) is 3. The Kier molecular flexibility index (Phi) is 8.07. The Hall–Kier alpha value is -4.26. The van der Waals surface area contributed by atoms with Gasteiger partial charge in [-0.2, -0.15) is 0 Å². The van der Waals surface area contributed by atoms with Gasteiger partial charge in [0, 0.05) is 5.56 Å². The van der Waals surface area contributed by atoms with Crippen LogP contribution in [-0.4, -0.2) is 32.6 Å². The molecule has 0 aliphatic rings. The summed E-state index contributed by atoms with van der Waals surface area (Å²) in [6.07, 6.45) is 1.58. The summed E-state index contributed by atoms with van der Waals surface area (Å²) in [6.45, 7) is 2.32. The van der Waals surface area contributed by atoms with Crippen molar-refractivity contribution in [3.8, 4) is 17.2 Å². The van der Waals surface area contributed by atoms with Crippen LogP contribution >= 0.6 is 0 Å². The lowest BCUT2D eigenvalue weighted by Gasteiger charge is -2.14. The monoisotopic (exact) mass is 446 g/mol. The molecule has 0 heterocycles. The molecular formula is C26H26N2O5. The van der Waals surface area contributed by atoms with E-state index in [1.54, 1.807) is 79.9 Å². The lowest BCUT2D eigenvalue weighted by Crippen LogP contribution is -2.30. The average molecular weight is 447 g/mol. The number of nitrogens with one attached hydrogen (secondary N) is 2. The van der Waals surface area contributed by atoms with Gasteiger partial charge >= 0.3 is 0 Å². The van der Waals surface area contributed by atoms with E-state index < -0.39 is 11.8 Å². The third-order valence-corrected chi connectivity index (χ3v) is 4.68. The minimum Gasteiger partial charge on any atom is -0.495 e. The van der Waals surface area contributed by atoms with Crippen molar-refractivity contribution in [1.29, 1.82) is 0 Å². The summed E-state index contributed by atoms with van der Waals surface area (Å²) in [5, 5.41) is 5.51. The van der Waals surface area contributed by atoms with Crippen molar-refractivity contribution in [2.75, 3.05) is 26.1 Å². The number of rotatable bonds is 9. The van der Waals surface area contributed by atoms with Crippen molar-refractivity contribution < 1.29 is 23.8 Å². The molecular weight excluding hydrogens is 420 g/mol. The molecule has 33 heavy (non-hydrogen) atoms. The van der Waals surface area contributed by atoms with E-state index in [-0.39, 0.29) is 5.70 Å². The molecule has 0 atom stereocenters. The van der Waals surface area contributed by atoms with Crippen molar-refractivity contribution in [1.82, 2.24) is 5.32 Å². The summed E-state index contributed by atoms with van der Waals surface area (Å²) in [5.41, 5.74) is 1.62. The van der Waals surface area contributed by atoms with Gasteiger partial charge in [0.05, 0.1) is 26.5 Å². The molecule has 0 aromatic heterocycles. The zero-order valence-corrected chi connectivity index (χ0v) is 18.8. The van der Waals surface area contributed by atoms with Gasteiger partial charge in [-0.05, 0) is 55.0 Å². The smallest absolute Gasteiger partial charge is 0.272 e. The largest absolute Gasteiger partial charge is 0.495 e. The summed E-state index contributed by atoms with van der Waals surface area (Å²) < 4.78 is 16.3. The molecule has 0 fully saturated rings. The first kappa shape index (κ1) is 23.4. The van der Waals surface area contributed by atoms with Gasteiger partial charge in [-0.25, -0.2) is 0 Å². The van der Waals surface area contributed by atoms with Crippen LogP contribution in [0.3, 0.4) is 0 Å². The van der Waals surface area contributed by atoms with E-state index in [2.05, 4.69) is 10.6 Å². The number of amides is 2. The third-order valence-electron chi connectivity index (χ3n) is 4.68. The van der Waals surface area contributed by atoms with Crippen LogP contribution in [0.1, 0.15) is 22.8 Å². The van der Waals surface area contributed by atoms with Crippen molar-refractivity contribution in [2.45, 2.75) is 6.92 Å². The van der Waals surface area contributed by atoms with Gasteiger partial charge in [0.25, 0.3) is 11.8 Å². The molecule has 2 amide bonds. The molecule has 0 unspecified atom stereocenters. The van der Waals surface area contributed by atoms with Crippen molar-refractivity contribution in [2.24, 2.45) is 0 Å². The first-order chi connectivity index (χ1) is 16.0. The predicted molar refractivity (Wildman–Crippen MR) is 128 cm³/mol. The highest BCUT2D eigenvalue weighted by Gasteiger charge is 2.17. The summed E-state index contributed by atoms with van der Waals surface area (Å²) >= 11 is 0. The highest BCUT2D eigenvalue weighted by molar-refractivity contribution is 6.11. The number of benzene rings is 3. The van der Waals surface area contributed by atoms with Crippen LogP contribution in [0.2, 0.25) is 0 Å². The first-order valence-corrected chi connectivity index (χ1v) is 10.4. The van der Waals surface area contributed by atoms with Crippen molar-refractivity contribution in [3.63, 3.8) is 0 Å². The van der Waals surface area contributed by atoms with Gasteiger partial charge < -0.3 is 24.8 Å². The average Bonchev–Trinajstić information content (AvgIpc) is 2.85. The number of carbonyl (C=O) groups excluding carboxylic acids is 2. The number of hydrogen-bond donors (Lipinski definition) is 2. The van der Waals surface area contributed by atoms with Crippen LogP contribution in [0.4, 0.5) is 5.69 Å². The Labute approximate surface area is 193 Å². The van der Waals surface area contributed by atoms with Crippen LogP contribution in [0.15, 0.2) is 78.5 Å². The second-order valence-corrected chi connectivity index (χ2v) is 6.88. The SMILES string of the molecule is CCOc1cc(/C=C(\NC(=O)c2ccccc2)C(=O)Nc2ccccc2OC)ccc1OC. The maximum Gasteiger partial charge on any atom is 0.272 e. The van der Waals surface area contributed by atoms with Crippen LogP contribution in [0.5, 0.6) is 17.2 Å². The van der Waals surface area contributed by atoms with Gasteiger partial charge in [-0.15, -0.1) is 0 Å². The number of hydrogen-bond acceptors (Lipinski definition) is 5. The lowest BCUT2D eigenvalue weighted by atomic mass is 10.1. The minimum atomic E-state index is -0.502. The van der Waals surface area contributed by atoms with Crippen LogP contribution in [-0.2, 0) is 4.79 Å². The molecule has 7 nitrogen and oxygen atoms in total. The Morgan fingerprint density at radius 3 is 2.24 bits per heavy atom. The third kappa shape index (κ3) is 6.13. The molecule has 3 aromatic rings. The molecule has 0 spiro atoms. The summed E-state index contributed by atoms with van der Waals surface area (Å²) in [6, 6.07) is 21.0. The molecule has 0 bridgehead atoms. The Bertz CT molecular complexity index is 1140. The van der Waals surface area contributed by atoms with Crippen molar-refractivity contribution >= 4 is 23.6 Å². The number of para-hydroxylation sites is 2. The van der Waals surface area contributed by atoms with Crippen LogP contribution < -0.4 is 24.8 Å². The highest BCUT2D eigenvalue weighted by atomic mass is 16.5. The maximum atomic E-state index is 13.2. The van der Waals surface area contributed by atoms with E-state index in [9.17, 15) is 9.59 Å². The molecule has 0 aliphatic carbocycles. The van der Waals surface area contributed by atoms with Gasteiger partial charge in [0.1, 0.15) is 11.4 Å². The van der Waals surface area contributed by atoms with E-state index in [0.717, 1.165) is 0 Å². The summed E-state index contributed by atoms with van der Waals surface area (Å²) in [5.74, 6) is 0.700. The fraction of sp³-hybridized carbons (Fsp3) is 0.154. The molecule has 0 saturated heterocycles. The zero-order chi connectivity index (χ0) is 23.6. The zero-order valence-electron chi connectivity index (χ0n) is 18.8. The normalized spacial score (nSPS) is 10.8. The van der Waals surface area contributed by atoms with E-state index in [0.29, 0.717) is 40.7 Å². The minimum absolute atomic E-state index is 0.0578. The molecule has 0 radical (unpaired) electrons. The second-order valence-electron chi connectivity index (χ2n) is 6.88. The molecule has 0 aliphatic heterocycles.